The van der Waals surface area contributed by atoms with Crippen LogP contribution >= 0.6 is 0 Å². The highest BCUT2D eigenvalue weighted by Gasteiger charge is 2.22. The summed E-state index contributed by atoms with van der Waals surface area (Å²) in [6, 6.07) is 0. The van der Waals surface area contributed by atoms with Gasteiger partial charge in [-0.3, -0.25) is 0 Å². The summed E-state index contributed by atoms with van der Waals surface area (Å²) < 4.78 is 7.51. The van der Waals surface area contributed by atoms with Gasteiger partial charge in [-0.2, -0.15) is 0 Å². The zero-order chi connectivity index (χ0) is 11.2. The third kappa shape index (κ3) is 3.52. The Bertz CT molecular complexity index is 307. The Hall–Kier alpha value is -1.03. The van der Waals surface area contributed by atoms with Gasteiger partial charge in [0.1, 0.15) is 0 Å². The maximum Gasteiger partial charge on any atom is 0.202 e. The molecular weight excluding hydrogens is 202 g/mol. The molecule has 16 heavy (non-hydrogen) atoms. The van der Waals surface area contributed by atoms with Crippen molar-refractivity contribution in [3.63, 3.8) is 0 Å². The summed E-state index contributed by atoms with van der Waals surface area (Å²) in [6.45, 7) is 5.70. The second kappa shape index (κ2) is 5.89. The van der Waals surface area contributed by atoms with Gasteiger partial charge in [0.05, 0.1) is 0 Å². The van der Waals surface area contributed by atoms with Gasteiger partial charge in [-0.25, -0.2) is 4.98 Å². The molecular formula is C12H21N3O. The molecule has 2 rings (SSSR count). The molecule has 0 atom stereocenters. The minimum atomic E-state index is 0.802. The van der Waals surface area contributed by atoms with E-state index in [0.29, 0.717) is 0 Å². The topological polar surface area (TPSA) is 39.1 Å². The monoisotopic (exact) mass is 223 g/mol. The zero-order valence-electron chi connectivity index (χ0n) is 9.98. The molecule has 0 spiro atoms. The Morgan fingerprint density at radius 3 is 3.19 bits per heavy atom. The lowest BCUT2D eigenvalue weighted by atomic mass is 10.4. The molecule has 1 N–H and O–H groups in total. The molecule has 1 aromatic rings. The molecule has 0 aliphatic heterocycles. The van der Waals surface area contributed by atoms with E-state index in [0.717, 1.165) is 44.6 Å². The molecule has 1 aromatic heterocycles. The van der Waals surface area contributed by atoms with Crippen LogP contribution in [0.1, 0.15) is 26.2 Å². The molecule has 0 saturated heterocycles. The SMILES string of the molecule is CCOCCCNc1nccn1CC1CC1. The lowest BCUT2D eigenvalue weighted by Gasteiger charge is -2.09. The van der Waals surface area contributed by atoms with Gasteiger partial charge < -0.3 is 14.6 Å². The Kier molecular flexibility index (Phi) is 4.22. The van der Waals surface area contributed by atoms with E-state index in [2.05, 4.69) is 21.1 Å². The van der Waals surface area contributed by atoms with Gasteiger partial charge in [-0.1, -0.05) is 0 Å². The van der Waals surface area contributed by atoms with Crippen LogP contribution in [-0.4, -0.2) is 29.3 Å². The van der Waals surface area contributed by atoms with Gasteiger partial charge in [-0.15, -0.1) is 0 Å². The predicted octanol–water partition coefficient (Wildman–Crippen LogP) is 2.13. The van der Waals surface area contributed by atoms with Gasteiger partial charge in [-0.05, 0) is 32.1 Å². The quantitative estimate of drug-likeness (QED) is 0.686. The summed E-state index contributed by atoms with van der Waals surface area (Å²) in [5.41, 5.74) is 0. The molecule has 1 aliphatic carbocycles. The lowest BCUT2D eigenvalue weighted by molar-refractivity contribution is 0.147. The van der Waals surface area contributed by atoms with Crippen molar-refractivity contribution in [2.45, 2.75) is 32.7 Å². The van der Waals surface area contributed by atoms with Crippen LogP contribution < -0.4 is 5.32 Å². The first-order valence-corrected chi connectivity index (χ1v) is 6.23. The van der Waals surface area contributed by atoms with Gasteiger partial charge >= 0.3 is 0 Å². The number of anilines is 1. The highest BCUT2D eigenvalue weighted by atomic mass is 16.5. The van der Waals surface area contributed by atoms with Crippen LogP contribution in [0, 0.1) is 5.92 Å². The number of rotatable bonds is 8. The Morgan fingerprint density at radius 1 is 1.56 bits per heavy atom. The summed E-state index contributed by atoms with van der Waals surface area (Å²) in [5.74, 6) is 1.89. The molecule has 1 fully saturated rings. The average molecular weight is 223 g/mol. The standard InChI is InChI=1S/C12H21N3O/c1-2-16-9-3-6-13-12-14-7-8-15(12)10-11-4-5-11/h7-8,11H,2-6,9-10H2,1H3,(H,13,14). The highest BCUT2D eigenvalue weighted by Crippen LogP contribution is 2.31. The van der Waals surface area contributed by atoms with E-state index < -0.39 is 0 Å². The van der Waals surface area contributed by atoms with Crippen molar-refractivity contribution in [2.24, 2.45) is 5.92 Å². The molecule has 0 radical (unpaired) electrons. The Morgan fingerprint density at radius 2 is 2.44 bits per heavy atom. The maximum atomic E-state index is 5.29. The Labute approximate surface area is 97.0 Å². The molecule has 1 saturated carbocycles. The summed E-state index contributed by atoms with van der Waals surface area (Å²) in [7, 11) is 0. The molecule has 0 amide bonds. The van der Waals surface area contributed by atoms with Crippen LogP contribution in [-0.2, 0) is 11.3 Å². The first-order chi connectivity index (χ1) is 7.90. The van der Waals surface area contributed by atoms with Gasteiger partial charge in [0.2, 0.25) is 5.95 Å². The fraction of sp³-hybridized carbons (Fsp3) is 0.750. The van der Waals surface area contributed by atoms with Crippen LogP contribution in [0.5, 0.6) is 0 Å². The highest BCUT2D eigenvalue weighted by molar-refractivity contribution is 5.25. The fourth-order valence-corrected chi connectivity index (χ4v) is 1.72. The van der Waals surface area contributed by atoms with E-state index in [-0.39, 0.29) is 0 Å². The van der Waals surface area contributed by atoms with E-state index in [9.17, 15) is 0 Å². The van der Waals surface area contributed by atoms with E-state index in [1.54, 1.807) is 0 Å². The van der Waals surface area contributed by atoms with Gasteiger partial charge in [0.15, 0.2) is 0 Å². The average Bonchev–Trinajstić information content (AvgIpc) is 2.99. The van der Waals surface area contributed by atoms with Crippen LogP contribution in [0.4, 0.5) is 5.95 Å². The zero-order valence-corrected chi connectivity index (χ0v) is 9.98. The third-order valence-electron chi connectivity index (χ3n) is 2.82. The minimum Gasteiger partial charge on any atom is -0.382 e. The lowest BCUT2D eigenvalue weighted by Crippen LogP contribution is -2.11. The number of imidazole rings is 1. The van der Waals surface area contributed by atoms with Gasteiger partial charge in [0, 0.05) is 38.7 Å². The summed E-state index contributed by atoms with van der Waals surface area (Å²) in [4.78, 5) is 4.33. The number of ether oxygens (including phenoxy) is 1. The molecule has 90 valence electrons. The van der Waals surface area contributed by atoms with Crippen molar-refractivity contribution in [1.82, 2.24) is 9.55 Å². The van der Waals surface area contributed by atoms with Crippen LogP contribution in [0.3, 0.4) is 0 Å². The number of nitrogens with one attached hydrogen (secondary N) is 1. The normalized spacial score (nSPS) is 15.3. The summed E-state index contributed by atoms with van der Waals surface area (Å²) in [5, 5.41) is 3.36. The van der Waals surface area contributed by atoms with Crippen molar-refractivity contribution < 1.29 is 4.74 Å². The smallest absolute Gasteiger partial charge is 0.202 e. The van der Waals surface area contributed by atoms with Crippen molar-refractivity contribution in [3.05, 3.63) is 12.4 Å². The number of hydrogen-bond acceptors (Lipinski definition) is 3. The van der Waals surface area contributed by atoms with E-state index in [4.69, 9.17) is 4.74 Å². The largest absolute Gasteiger partial charge is 0.382 e. The van der Waals surface area contributed by atoms with E-state index >= 15 is 0 Å². The second-order valence-corrected chi connectivity index (χ2v) is 4.32. The van der Waals surface area contributed by atoms with E-state index in [1.807, 2.05) is 13.1 Å². The summed E-state index contributed by atoms with van der Waals surface area (Å²) in [6.07, 6.45) is 7.71. The molecule has 1 heterocycles. The molecule has 1 aliphatic rings. The van der Waals surface area contributed by atoms with Crippen LogP contribution in [0.2, 0.25) is 0 Å². The van der Waals surface area contributed by atoms with Crippen LogP contribution in [0.25, 0.3) is 0 Å². The van der Waals surface area contributed by atoms with Crippen molar-refractivity contribution in [1.29, 1.82) is 0 Å². The van der Waals surface area contributed by atoms with E-state index in [1.165, 1.54) is 12.8 Å². The third-order valence-corrected chi connectivity index (χ3v) is 2.82. The molecule has 0 bridgehead atoms. The number of nitrogens with zero attached hydrogens (tertiary/aromatic N) is 2. The predicted molar refractivity (Wildman–Crippen MR) is 64.6 cm³/mol. The summed E-state index contributed by atoms with van der Waals surface area (Å²) >= 11 is 0. The molecule has 0 aromatic carbocycles. The molecule has 4 nitrogen and oxygen atoms in total. The number of hydrogen-bond donors (Lipinski definition) is 1. The first-order valence-electron chi connectivity index (χ1n) is 6.23. The fourth-order valence-electron chi connectivity index (χ4n) is 1.72. The van der Waals surface area contributed by atoms with Crippen molar-refractivity contribution >= 4 is 5.95 Å². The maximum absolute atomic E-state index is 5.29. The molecule has 4 heteroatoms. The van der Waals surface area contributed by atoms with Gasteiger partial charge in [0.25, 0.3) is 0 Å². The van der Waals surface area contributed by atoms with Crippen molar-refractivity contribution in [3.8, 4) is 0 Å². The van der Waals surface area contributed by atoms with Crippen molar-refractivity contribution in [2.75, 3.05) is 25.1 Å². The molecule has 0 unspecified atom stereocenters. The second-order valence-electron chi connectivity index (χ2n) is 4.32. The number of aromatic nitrogens is 2. The Balaban J connectivity index is 1.68. The van der Waals surface area contributed by atoms with Crippen LogP contribution in [0.15, 0.2) is 12.4 Å². The first kappa shape index (κ1) is 11.5. The minimum absolute atomic E-state index is 0.802.